The normalized spacial score (nSPS) is 11.8. The van der Waals surface area contributed by atoms with Gasteiger partial charge in [-0.1, -0.05) is 48.0 Å². The molecule has 0 atom stereocenters. The summed E-state index contributed by atoms with van der Waals surface area (Å²) in [4.78, 5) is 12.1. The largest absolute Gasteiger partial charge is 0.325 e. The number of carbonyl (C=O) groups excluding carboxylic acids is 1. The number of hydrogen-bond acceptors (Lipinski definition) is 3. The molecule has 6 heteroatoms. The SMILES string of the molecule is Cc1ccc(NC(=O)CN(C)S(=O)(=O)/C=C/c2ccccc2)c(C)c1. The van der Waals surface area contributed by atoms with Crippen LogP contribution in [0.1, 0.15) is 16.7 Å². The minimum atomic E-state index is -3.67. The first kappa shape index (κ1) is 18.9. The molecule has 5 nitrogen and oxygen atoms in total. The number of amides is 1. The Hall–Kier alpha value is -2.44. The molecule has 0 saturated carbocycles. The van der Waals surface area contributed by atoms with Gasteiger partial charge in [0.1, 0.15) is 0 Å². The average molecular weight is 358 g/mol. The molecule has 0 aliphatic carbocycles. The summed E-state index contributed by atoms with van der Waals surface area (Å²) in [6.07, 6.45) is 1.51. The third kappa shape index (κ3) is 5.55. The molecule has 1 N–H and O–H groups in total. The van der Waals surface area contributed by atoms with Crippen molar-refractivity contribution in [2.24, 2.45) is 0 Å². The fraction of sp³-hybridized carbons (Fsp3) is 0.211. The fourth-order valence-corrected chi connectivity index (χ4v) is 3.10. The molecule has 2 aromatic carbocycles. The number of carbonyl (C=O) groups is 1. The highest BCUT2D eigenvalue weighted by Crippen LogP contribution is 2.16. The van der Waals surface area contributed by atoms with Crippen LogP contribution >= 0.6 is 0 Å². The minimum absolute atomic E-state index is 0.255. The molecule has 0 aromatic heterocycles. The zero-order chi connectivity index (χ0) is 18.4. The highest BCUT2D eigenvalue weighted by Gasteiger charge is 2.18. The Bertz CT molecular complexity index is 875. The summed E-state index contributed by atoms with van der Waals surface area (Å²) < 4.78 is 25.5. The number of likely N-dealkylation sites (N-methyl/N-ethyl adjacent to an activating group) is 1. The van der Waals surface area contributed by atoms with E-state index in [1.165, 1.54) is 13.1 Å². The summed E-state index contributed by atoms with van der Waals surface area (Å²) in [6, 6.07) is 14.8. The van der Waals surface area contributed by atoms with Crippen LogP contribution in [0.3, 0.4) is 0 Å². The van der Waals surface area contributed by atoms with Gasteiger partial charge in [-0.05, 0) is 37.1 Å². The summed E-state index contributed by atoms with van der Waals surface area (Å²) >= 11 is 0. The van der Waals surface area contributed by atoms with Crippen LogP contribution in [0.5, 0.6) is 0 Å². The molecule has 0 fully saturated rings. The number of benzene rings is 2. The predicted octanol–water partition coefficient (Wildman–Crippen LogP) is 3.17. The molecule has 25 heavy (non-hydrogen) atoms. The van der Waals surface area contributed by atoms with Crippen LogP contribution in [-0.4, -0.2) is 32.2 Å². The molecule has 0 unspecified atom stereocenters. The quantitative estimate of drug-likeness (QED) is 0.862. The van der Waals surface area contributed by atoms with Crippen LogP contribution in [0.25, 0.3) is 6.08 Å². The molecule has 0 bridgehead atoms. The number of nitrogens with one attached hydrogen (secondary N) is 1. The second kappa shape index (κ2) is 8.09. The molecule has 0 saturated heterocycles. The maximum absolute atomic E-state index is 12.3. The maximum Gasteiger partial charge on any atom is 0.239 e. The van der Waals surface area contributed by atoms with E-state index in [-0.39, 0.29) is 12.5 Å². The lowest BCUT2D eigenvalue weighted by molar-refractivity contribution is -0.116. The van der Waals surface area contributed by atoms with Crippen LogP contribution in [0.4, 0.5) is 5.69 Å². The average Bonchev–Trinajstić information content (AvgIpc) is 2.56. The van der Waals surface area contributed by atoms with Gasteiger partial charge < -0.3 is 5.32 Å². The topological polar surface area (TPSA) is 66.5 Å². The summed E-state index contributed by atoms with van der Waals surface area (Å²) in [6.45, 7) is 3.61. The number of aryl methyl sites for hydroxylation is 2. The third-order valence-electron chi connectivity index (χ3n) is 3.69. The summed E-state index contributed by atoms with van der Waals surface area (Å²) in [5.41, 5.74) is 3.49. The minimum Gasteiger partial charge on any atom is -0.325 e. The predicted molar refractivity (Wildman–Crippen MR) is 102 cm³/mol. The van der Waals surface area contributed by atoms with E-state index in [0.717, 1.165) is 26.4 Å². The van der Waals surface area contributed by atoms with E-state index in [0.29, 0.717) is 5.69 Å². The lowest BCUT2D eigenvalue weighted by Crippen LogP contribution is -2.33. The maximum atomic E-state index is 12.3. The lowest BCUT2D eigenvalue weighted by atomic mass is 10.1. The van der Waals surface area contributed by atoms with Gasteiger partial charge >= 0.3 is 0 Å². The van der Waals surface area contributed by atoms with Gasteiger partial charge in [-0.2, -0.15) is 4.31 Å². The van der Waals surface area contributed by atoms with Crippen LogP contribution in [0, 0.1) is 13.8 Å². The van der Waals surface area contributed by atoms with Crippen molar-refractivity contribution in [1.29, 1.82) is 0 Å². The fourth-order valence-electron chi connectivity index (χ4n) is 2.27. The Morgan fingerprint density at radius 2 is 1.80 bits per heavy atom. The van der Waals surface area contributed by atoms with Crippen molar-refractivity contribution in [3.05, 3.63) is 70.6 Å². The molecule has 1 amide bonds. The van der Waals surface area contributed by atoms with E-state index in [1.807, 2.05) is 50.2 Å². The molecule has 0 aliphatic heterocycles. The zero-order valence-electron chi connectivity index (χ0n) is 14.6. The summed E-state index contributed by atoms with van der Waals surface area (Å²) in [5.74, 6) is -0.383. The van der Waals surface area contributed by atoms with Gasteiger partial charge in [-0.25, -0.2) is 8.42 Å². The summed E-state index contributed by atoms with van der Waals surface area (Å²) in [7, 11) is -2.29. The van der Waals surface area contributed by atoms with Crippen LogP contribution in [0.2, 0.25) is 0 Å². The molecule has 2 rings (SSSR count). The second-order valence-corrected chi connectivity index (χ2v) is 7.81. The molecular weight excluding hydrogens is 336 g/mol. The molecular formula is C19H22N2O3S. The monoisotopic (exact) mass is 358 g/mol. The van der Waals surface area contributed by atoms with Crippen molar-refractivity contribution in [1.82, 2.24) is 4.31 Å². The highest BCUT2D eigenvalue weighted by molar-refractivity contribution is 7.92. The van der Waals surface area contributed by atoms with E-state index in [9.17, 15) is 13.2 Å². The molecule has 0 aliphatic rings. The van der Waals surface area contributed by atoms with Crippen molar-refractivity contribution in [2.75, 3.05) is 18.9 Å². The Morgan fingerprint density at radius 3 is 2.44 bits per heavy atom. The number of anilines is 1. The Balaban J connectivity index is 2.01. The molecule has 2 aromatic rings. The van der Waals surface area contributed by atoms with E-state index in [2.05, 4.69) is 5.32 Å². The van der Waals surface area contributed by atoms with Gasteiger partial charge in [0.25, 0.3) is 0 Å². The highest BCUT2D eigenvalue weighted by atomic mass is 32.2. The van der Waals surface area contributed by atoms with Crippen molar-refractivity contribution < 1.29 is 13.2 Å². The number of sulfonamides is 1. The van der Waals surface area contributed by atoms with Crippen molar-refractivity contribution in [3.8, 4) is 0 Å². The Morgan fingerprint density at radius 1 is 1.12 bits per heavy atom. The first-order valence-corrected chi connectivity index (χ1v) is 9.35. The van der Waals surface area contributed by atoms with Gasteiger partial charge in [-0.15, -0.1) is 0 Å². The number of rotatable bonds is 6. The van der Waals surface area contributed by atoms with E-state index in [1.54, 1.807) is 12.1 Å². The van der Waals surface area contributed by atoms with Crippen molar-refractivity contribution >= 4 is 27.7 Å². The number of nitrogens with zero attached hydrogens (tertiary/aromatic N) is 1. The van der Waals surface area contributed by atoms with Crippen LogP contribution in [0.15, 0.2) is 53.9 Å². The van der Waals surface area contributed by atoms with Crippen molar-refractivity contribution in [2.45, 2.75) is 13.8 Å². The molecule has 0 heterocycles. The van der Waals surface area contributed by atoms with Crippen LogP contribution in [-0.2, 0) is 14.8 Å². The summed E-state index contributed by atoms with van der Waals surface area (Å²) in [5, 5.41) is 3.85. The number of hydrogen-bond donors (Lipinski definition) is 1. The Kier molecular flexibility index (Phi) is 6.12. The smallest absolute Gasteiger partial charge is 0.239 e. The molecule has 0 spiro atoms. The molecule has 132 valence electrons. The zero-order valence-corrected chi connectivity index (χ0v) is 15.4. The molecule has 0 radical (unpaired) electrons. The van der Waals surface area contributed by atoms with Gasteiger partial charge in [0.15, 0.2) is 0 Å². The Labute approximate surface area is 149 Å². The van der Waals surface area contributed by atoms with Gasteiger partial charge in [-0.3, -0.25) is 4.79 Å². The van der Waals surface area contributed by atoms with Gasteiger partial charge in [0.05, 0.1) is 6.54 Å². The standard InChI is InChI=1S/C19H22N2O3S/c1-15-9-10-18(16(2)13-15)20-19(22)14-21(3)25(23,24)12-11-17-7-5-4-6-8-17/h4-13H,14H2,1-3H3,(H,20,22)/b12-11+. The van der Waals surface area contributed by atoms with Gasteiger partial charge in [0.2, 0.25) is 15.9 Å². The lowest BCUT2D eigenvalue weighted by Gasteiger charge is -2.15. The van der Waals surface area contributed by atoms with E-state index in [4.69, 9.17) is 0 Å². The van der Waals surface area contributed by atoms with E-state index < -0.39 is 10.0 Å². The van der Waals surface area contributed by atoms with E-state index >= 15 is 0 Å². The van der Waals surface area contributed by atoms with Crippen LogP contribution < -0.4 is 5.32 Å². The first-order valence-electron chi connectivity index (χ1n) is 7.84. The second-order valence-electron chi connectivity index (χ2n) is 5.88. The van der Waals surface area contributed by atoms with Crippen molar-refractivity contribution in [3.63, 3.8) is 0 Å². The first-order chi connectivity index (χ1) is 11.8. The van der Waals surface area contributed by atoms with Gasteiger partial charge in [0, 0.05) is 18.1 Å². The third-order valence-corrected chi connectivity index (χ3v) is 5.17.